The molecule has 2 rings (SSSR count). The molecule has 5 heteroatoms. The smallest absolute Gasteiger partial charge is 0.305 e. The Morgan fingerprint density at radius 1 is 1.32 bits per heavy atom. The first-order valence-electron chi connectivity index (χ1n) is 7.18. The van der Waals surface area contributed by atoms with Crippen LogP contribution in [0.15, 0.2) is 0 Å². The van der Waals surface area contributed by atoms with Crippen LogP contribution in [0.25, 0.3) is 0 Å². The lowest BCUT2D eigenvalue weighted by Crippen LogP contribution is -2.54. The highest BCUT2D eigenvalue weighted by Gasteiger charge is 2.39. The summed E-state index contributed by atoms with van der Waals surface area (Å²) in [5.41, 5.74) is -0.563. The molecule has 2 fully saturated rings. The summed E-state index contributed by atoms with van der Waals surface area (Å²) in [7, 11) is 0. The van der Waals surface area contributed by atoms with Crippen LogP contribution in [0.2, 0.25) is 0 Å². The highest BCUT2D eigenvalue weighted by molar-refractivity contribution is 5.83. The molecule has 1 aliphatic carbocycles. The molecule has 1 saturated heterocycles. The zero-order chi connectivity index (χ0) is 13.9. The van der Waals surface area contributed by atoms with Crippen molar-refractivity contribution in [2.45, 2.75) is 63.5 Å². The van der Waals surface area contributed by atoms with Crippen molar-refractivity contribution in [3.05, 3.63) is 0 Å². The lowest BCUT2D eigenvalue weighted by atomic mass is 9.79. The topological polar surface area (TPSA) is 75.6 Å². The number of amides is 1. The second-order valence-electron chi connectivity index (χ2n) is 5.96. The quantitative estimate of drug-likeness (QED) is 0.814. The van der Waals surface area contributed by atoms with Crippen molar-refractivity contribution in [2.24, 2.45) is 5.92 Å². The summed E-state index contributed by atoms with van der Waals surface area (Å²) in [6.07, 6.45) is 5.09. The summed E-state index contributed by atoms with van der Waals surface area (Å²) < 4.78 is 5.46. The van der Waals surface area contributed by atoms with Crippen molar-refractivity contribution >= 4 is 11.9 Å². The third-order valence-electron chi connectivity index (χ3n) is 4.33. The fraction of sp³-hybridized carbons (Fsp3) is 0.857. The Hall–Kier alpha value is -1.10. The van der Waals surface area contributed by atoms with E-state index in [1.54, 1.807) is 0 Å². The SMILES string of the molecule is CC1CCOC1C(=O)NC1(CC(=O)O)CCCCC1. The van der Waals surface area contributed by atoms with Crippen LogP contribution in [0.3, 0.4) is 0 Å². The van der Waals surface area contributed by atoms with Crippen LogP contribution >= 0.6 is 0 Å². The average Bonchev–Trinajstić information content (AvgIpc) is 2.75. The highest BCUT2D eigenvalue weighted by Crippen LogP contribution is 2.32. The molecule has 0 bridgehead atoms. The van der Waals surface area contributed by atoms with Crippen molar-refractivity contribution in [1.82, 2.24) is 5.32 Å². The maximum atomic E-state index is 12.3. The van der Waals surface area contributed by atoms with Crippen LogP contribution in [-0.2, 0) is 14.3 Å². The van der Waals surface area contributed by atoms with Gasteiger partial charge in [-0.3, -0.25) is 9.59 Å². The van der Waals surface area contributed by atoms with Gasteiger partial charge in [-0.2, -0.15) is 0 Å². The zero-order valence-electron chi connectivity index (χ0n) is 11.5. The van der Waals surface area contributed by atoms with Crippen LogP contribution < -0.4 is 5.32 Å². The Morgan fingerprint density at radius 3 is 2.53 bits per heavy atom. The molecular weight excluding hydrogens is 246 g/mol. The third-order valence-corrected chi connectivity index (χ3v) is 4.33. The van der Waals surface area contributed by atoms with E-state index in [1.165, 1.54) is 0 Å². The Balaban J connectivity index is 2.02. The van der Waals surface area contributed by atoms with E-state index in [9.17, 15) is 9.59 Å². The molecule has 0 radical (unpaired) electrons. The van der Waals surface area contributed by atoms with E-state index in [-0.39, 0.29) is 18.2 Å². The number of carbonyl (C=O) groups excluding carboxylic acids is 1. The standard InChI is InChI=1S/C14H23NO4/c1-10-5-8-19-12(10)13(18)15-14(9-11(16)17)6-3-2-4-7-14/h10,12H,2-9H2,1H3,(H,15,18)(H,16,17). The molecule has 0 spiro atoms. The number of rotatable bonds is 4. The van der Waals surface area contributed by atoms with Crippen LogP contribution in [0.1, 0.15) is 51.9 Å². The predicted octanol–water partition coefficient (Wildman–Crippen LogP) is 1.71. The molecule has 19 heavy (non-hydrogen) atoms. The first-order chi connectivity index (χ1) is 9.02. The molecule has 5 nitrogen and oxygen atoms in total. The number of hydrogen-bond donors (Lipinski definition) is 2. The van der Waals surface area contributed by atoms with Gasteiger partial charge in [0.2, 0.25) is 5.91 Å². The first kappa shape index (κ1) is 14.3. The minimum absolute atomic E-state index is 0.0137. The van der Waals surface area contributed by atoms with Gasteiger partial charge < -0.3 is 15.2 Å². The summed E-state index contributed by atoms with van der Waals surface area (Å²) in [5.74, 6) is -0.763. The van der Waals surface area contributed by atoms with Crippen LogP contribution in [-0.4, -0.2) is 35.2 Å². The van der Waals surface area contributed by atoms with Gasteiger partial charge >= 0.3 is 5.97 Å². The fourth-order valence-electron chi connectivity index (χ4n) is 3.23. The molecule has 0 aromatic rings. The Labute approximate surface area is 113 Å². The molecule has 108 valence electrons. The third kappa shape index (κ3) is 3.47. The van der Waals surface area contributed by atoms with Crippen LogP contribution in [0, 0.1) is 5.92 Å². The number of ether oxygens (including phenoxy) is 1. The molecule has 2 N–H and O–H groups in total. The van der Waals surface area contributed by atoms with Crippen molar-refractivity contribution in [2.75, 3.05) is 6.61 Å². The van der Waals surface area contributed by atoms with Crippen molar-refractivity contribution in [3.63, 3.8) is 0 Å². The molecule has 2 unspecified atom stereocenters. The molecular formula is C14H23NO4. The second-order valence-corrected chi connectivity index (χ2v) is 5.96. The van der Waals surface area contributed by atoms with E-state index in [2.05, 4.69) is 5.32 Å². The van der Waals surface area contributed by atoms with E-state index in [1.807, 2.05) is 6.92 Å². The van der Waals surface area contributed by atoms with E-state index < -0.39 is 17.6 Å². The van der Waals surface area contributed by atoms with Gasteiger partial charge in [0.05, 0.1) is 12.0 Å². The van der Waals surface area contributed by atoms with Crippen LogP contribution in [0.4, 0.5) is 0 Å². The van der Waals surface area contributed by atoms with E-state index in [4.69, 9.17) is 9.84 Å². The normalized spacial score (nSPS) is 29.9. The maximum Gasteiger partial charge on any atom is 0.305 e. The molecule has 2 aliphatic rings. The number of aliphatic carboxylic acids is 1. The van der Waals surface area contributed by atoms with E-state index >= 15 is 0 Å². The van der Waals surface area contributed by atoms with E-state index in [0.717, 1.165) is 38.5 Å². The van der Waals surface area contributed by atoms with E-state index in [0.29, 0.717) is 6.61 Å². The summed E-state index contributed by atoms with van der Waals surface area (Å²) in [5, 5.41) is 12.1. The van der Waals surface area contributed by atoms with Gasteiger partial charge in [0, 0.05) is 6.61 Å². The van der Waals surface area contributed by atoms with Gasteiger partial charge in [-0.15, -0.1) is 0 Å². The van der Waals surface area contributed by atoms with Crippen molar-refractivity contribution < 1.29 is 19.4 Å². The minimum Gasteiger partial charge on any atom is -0.481 e. The molecule has 2 atom stereocenters. The van der Waals surface area contributed by atoms with Crippen LogP contribution in [0.5, 0.6) is 0 Å². The van der Waals surface area contributed by atoms with Gasteiger partial charge in [0.15, 0.2) is 0 Å². The number of carbonyl (C=O) groups is 2. The van der Waals surface area contributed by atoms with Gasteiger partial charge in [0.25, 0.3) is 0 Å². The second kappa shape index (κ2) is 5.90. The predicted molar refractivity (Wildman–Crippen MR) is 69.7 cm³/mol. The fourth-order valence-corrected chi connectivity index (χ4v) is 3.23. The molecule has 1 saturated carbocycles. The summed E-state index contributed by atoms with van der Waals surface area (Å²) in [6, 6.07) is 0. The van der Waals surface area contributed by atoms with Gasteiger partial charge in [-0.1, -0.05) is 26.2 Å². The molecule has 1 aliphatic heterocycles. The number of nitrogens with one attached hydrogen (secondary N) is 1. The molecule has 1 heterocycles. The highest BCUT2D eigenvalue weighted by atomic mass is 16.5. The molecule has 0 aromatic carbocycles. The Bertz CT molecular complexity index is 349. The average molecular weight is 269 g/mol. The molecule has 0 aromatic heterocycles. The summed E-state index contributed by atoms with van der Waals surface area (Å²) in [6.45, 7) is 2.62. The maximum absolute atomic E-state index is 12.3. The zero-order valence-corrected chi connectivity index (χ0v) is 11.5. The van der Waals surface area contributed by atoms with Gasteiger partial charge in [-0.25, -0.2) is 0 Å². The largest absolute Gasteiger partial charge is 0.481 e. The van der Waals surface area contributed by atoms with Gasteiger partial charge in [0.1, 0.15) is 6.10 Å². The first-order valence-corrected chi connectivity index (χ1v) is 7.18. The van der Waals surface area contributed by atoms with Crippen molar-refractivity contribution in [1.29, 1.82) is 0 Å². The minimum atomic E-state index is -0.845. The lowest BCUT2D eigenvalue weighted by molar-refractivity contribution is -0.141. The monoisotopic (exact) mass is 269 g/mol. The molecule has 1 amide bonds. The number of hydrogen-bond acceptors (Lipinski definition) is 3. The number of carboxylic acid groups (broad SMARTS) is 1. The Morgan fingerprint density at radius 2 is 2.00 bits per heavy atom. The Kier molecular flexibility index (Phi) is 4.45. The summed E-state index contributed by atoms with van der Waals surface area (Å²) >= 11 is 0. The van der Waals surface area contributed by atoms with Gasteiger partial charge in [-0.05, 0) is 25.2 Å². The lowest BCUT2D eigenvalue weighted by Gasteiger charge is -2.38. The number of carboxylic acids is 1. The summed E-state index contributed by atoms with van der Waals surface area (Å²) in [4.78, 5) is 23.3. The van der Waals surface area contributed by atoms with Crippen molar-refractivity contribution in [3.8, 4) is 0 Å².